The van der Waals surface area contributed by atoms with Crippen molar-refractivity contribution in [1.82, 2.24) is 9.97 Å². The Morgan fingerprint density at radius 3 is 2.50 bits per heavy atom. The number of hydrogen-bond acceptors (Lipinski definition) is 5. The third-order valence-corrected chi connectivity index (χ3v) is 4.03. The van der Waals surface area contributed by atoms with Crippen LogP contribution in [-0.4, -0.2) is 30.2 Å². The van der Waals surface area contributed by atoms with E-state index < -0.39 is 0 Å². The number of rotatable bonds is 4. The molecule has 1 aromatic rings. The van der Waals surface area contributed by atoms with Gasteiger partial charge in [0.1, 0.15) is 6.33 Å². The smallest absolute Gasteiger partial charge is 0.204 e. The molecule has 0 aliphatic heterocycles. The van der Waals surface area contributed by atoms with Crippen molar-refractivity contribution in [3.8, 4) is 5.75 Å². The molecule has 1 saturated carbocycles. The van der Waals surface area contributed by atoms with Crippen LogP contribution in [0.25, 0.3) is 0 Å². The highest BCUT2D eigenvalue weighted by molar-refractivity contribution is 5.63. The number of hydrogen-bond donors (Lipinski definition) is 2. The Balaban J connectivity index is 2.19. The number of nitrogens with zero attached hydrogens (tertiary/aromatic N) is 2. The Morgan fingerprint density at radius 2 is 1.94 bits per heavy atom. The molecule has 1 aliphatic carbocycles. The Labute approximate surface area is 108 Å². The summed E-state index contributed by atoms with van der Waals surface area (Å²) < 4.78 is 5.39. The van der Waals surface area contributed by atoms with Crippen LogP contribution in [0.1, 0.15) is 26.7 Å². The first-order valence-corrected chi connectivity index (χ1v) is 6.50. The Kier molecular flexibility index (Phi) is 3.89. The predicted molar refractivity (Wildman–Crippen MR) is 73.1 cm³/mol. The van der Waals surface area contributed by atoms with Crippen molar-refractivity contribution < 1.29 is 4.74 Å². The van der Waals surface area contributed by atoms with Crippen LogP contribution in [0, 0.1) is 11.8 Å². The number of methoxy groups -OCH3 is 1. The molecule has 1 aliphatic rings. The van der Waals surface area contributed by atoms with Crippen LogP contribution in [0.4, 0.5) is 11.6 Å². The zero-order valence-corrected chi connectivity index (χ0v) is 11.5. The minimum atomic E-state index is 0.466. The van der Waals surface area contributed by atoms with Crippen molar-refractivity contribution in [2.45, 2.75) is 32.7 Å². The maximum atomic E-state index is 5.39. The molecule has 2 rings (SSSR count). The fourth-order valence-corrected chi connectivity index (χ4v) is 2.59. The molecule has 5 heteroatoms. The predicted octanol–water partition coefficient (Wildman–Crippen LogP) is 2.37. The van der Waals surface area contributed by atoms with Gasteiger partial charge in [-0.3, -0.25) is 0 Å². The fourth-order valence-electron chi connectivity index (χ4n) is 2.59. The van der Waals surface area contributed by atoms with E-state index in [1.54, 1.807) is 13.4 Å². The van der Waals surface area contributed by atoms with E-state index in [1.807, 2.05) is 7.05 Å². The van der Waals surface area contributed by atoms with Crippen LogP contribution in [-0.2, 0) is 0 Å². The zero-order valence-electron chi connectivity index (χ0n) is 11.5. The molecule has 0 radical (unpaired) electrons. The highest BCUT2D eigenvalue weighted by atomic mass is 16.5. The van der Waals surface area contributed by atoms with Gasteiger partial charge in [0.15, 0.2) is 11.6 Å². The van der Waals surface area contributed by atoms with Gasteiger partial charge in [0.05, 0.1) is 7.11 Å². The highest BCUT2D eigenvalue weighted by Gasteiger charge is 2.30. The highest BCUT2D eigenvalue weighted by Crippen LogP contribution is 2.36. The van der Waals surface area contributed by atoms with E-state index in [0.29, 0.717) is 23.5 Å². The number of nitrogens with one attached hydrogen (secondary N) is 2. The second-order valence-corrected chi connectivity index (χ2v) is 5.02. The molecule has 0 spiro atoms. The second kappa shape index (κ2) is 5.42. The minimum Gasteiger partial charge on any atom is -0.490 e. The van der Waals surface area contributed by atoms with E-state index in [1.165, 1.54) is 12.8 Å². The van der Waals surface area contributed by atoms with E-state index in [-0.39, 0.29) is 0 Å². The van der Waals surface area contributed by atoms with Crippen LogP contribution >= 0.6 is 0 Å². The number of ether oxygens (including phenoxy) is 1. The molecule has 2 N–H and O–H groups in total. The molecule has 0 amide bonds. The first-order valence-electron chi connectivity index (χ1n) is 6.50. The summed E-state index contributed by atoms with van der Waals surface area (Å²) in [6.45, 7) is 4.60. The lowest BCUT2D eigenvalue weighted by molar-refractivity contribution is 0.409. The number of anilines is 2. The zero-order chi connectivity index (χ0) is 13.1. The third-order valence-electron chi connectivity index (χ3n) is 4.03. The third kappa shape index (κ3) is 2.35. The van der Waals surface area contributed by atoms with Gasteiger partial charge in [-0.1, -0.05) is 13.8 Å². The summed E-state index contributed by atoms with van der Waals surface area (Å²) in [4.78, 5) is 8.44. The molecule has 3 atom stereocenters. The Bertz CT molecular complexity index is 410. The SMILES string of the molecule is CNc1ncnc(NC2CCC(C)C2C)c1OC. The molecular formula is C13H22N4O. The van der Waals surface area contributed by atoms with E-state index in [9.17, 15) is 0 Å². The lowest BCUT2D eigenvalue weighted by atomic mass is 9.98. The largest absolute Gasteiger partial charge is 0.490 e. The average Bonchev–Trinajstić information content (AvgIpc) is 2.70. The van der Waals surface area contributed by atoms with E-state index in [4.69, 9.17) is 4.74 Å². The van der Waals surface area contributed by atoms with Gasteiger partial charge < -0.3 is 15.4 Å². The van der Waals surface area contributed by atoms with Crippen LogP contribution in [0.2, 0.25) is 0 Å². The molecule has 100 valence electrons. The van der Waals surface area contributed by atoms with Crippen LogP contribution < -0.4 is 15.4 Å². The van der Waals surface area contributed by atoms with Gasteiger partial charge in [0.25, 0.3) is 0 Å². The molecule has 0 bridgehead atoms. The van der Waals surface area contributed by atoms with E-state index in [0.717, 1.165) is 11.7 Å². The van der Waals surface area contributed by atoms with Gasteiger partial charge in [-0.05, 0) is 24.7 Å². The topological polar surface area (TPSA) is 59.1 Å². The molecule has 1 fully saturated rings. The molecule has 3 unspecified atom stereocenters. The van der Waals surface area contributed by atoms with Crippen LogP contribution in [0.15, 0.2) is 6.33 Å². The summed E-state index contributed by atoms with van der Waals surface area (Å²) in [5.74, 6) is 3.60. The van der Waals surface area contributed by atoms with Gasteiger partial charge in [0.2, 0.25) is 5.75 Å². The normalized spacial score (nSPS) is 27.0. The van der Waals surface area contributed by atoms with E-state index >= 15 is 0 Å². The molecule has 0 saturated heterocycles. The number of aromatic nitrogens is 2. The van der Waals surface area contributed by atoms with Crippen molar-refractivity contribution in [1.29, 1.82) is 0 Å². The van der Waals surface area contributed by atoms with Crippen molar-refractivity contribution in [3.05, 3.63) is 6.33 Å². The van der Waals surface area contributed by atoms with Gasteiger partial charge in [-0.2, -0.15) is 0 Å². The van der Waals surface area contributed by atoms with Gasteiger partial charge in [-0.25, -0.2) is 9.97 Å². The van der Waals surface area contributed by atoms with Crippen LogP contribution in [0.3, 0.4) is 0 Å². The van der Waals surface area contributed by atoms with Gasteiger partial charge in [0, 0.05) is 13.1 Å². The molecular weight excluding hydrogens is 228 g/mol. The first-order chi connectivity index (χ1) is 8.67. The molecule has 1 heterocycles. The summed E-state index contributed by atoms with van der Waals surface area (Å²) in [7, 11) is 3.47. The standard InChI is InChI=1S/C13H22N4O/c1-8-5-6-10(9(8)2)17-13-11(18-4)12(14-3)15-7-16-13/h7-10H,5-6H2,1-4H3,(H2,14,15,16,17). The summed E-state index contributed by atoms with van der Waals surface area (Å²) in [5.41, 5.74) is 0. The lowest BCUT2D eigenvalue weighted by Crippen LogP contribution is -2.25. The Hall–Kier alpha value is -1.52. The van der Waals surface area contributed by atoms with E-state index in [2.05, 4.69) is 34.4 Å². The molecule has 18 heavy (non-hydrogen) atoms. The maximum absolute atomic E-state index is 5.39. The van der Waals surface area contributed by atoms with Gasteiger partial charge >= 0.3 is 0 Å². The van der Waals surface area contributed by atoms with Crippen molar-refractivity contribution in [3.63, 3.8) is 0 Å². The van der Waals surface area contributed by atoms with Crippen LogP contribution in [0.5, 0.6) is 5.75 Å². The minimum absolute atomic E-state index is 0.466. The second-order valence-electron chi connectivity index (χ2n) is 5.02. The van der Waals surface area contributed by atoms with Crippen molar-refractivity contribution >= 4 is 11.6 Å². The summed E-state index contributed by atoms with van der Waals surface area (Å²) in [6.07, 6.45) is 4.01. The lowest BCUT2D eigenvalue weighted by Gasteiger charge is -2.21. The van der Waals surface area contributed by atoms with Crippen molar-refractivity contribution in [2.75, 3.05) is 24.8 Å². The van der Waals surface area contributed by atoms with Gasteiger partial charge in [-0.15, -0.1) is 0 Å². The molecule has 1 aromatic heterocycles. The monoisotopic (exact) mass is 250 g/mol. The summed E-state index contributed by atoms with van der Waals surface area (Å²) in [6, 6.07) is 0.466. The summed E-state index contributed by atoms with van der Waals surface area (Å²) in [5, 5.41) is 6.51. The maximum Gasteiger partial charge on any atom is 0.204 e. The summed E-state index contributed by atoms with van der Waals surface area (Å²) >= 11 is 0. The first kappa shape index (κ1) is 12.9. The average molecular weight is 250 g/mol. The fraction of sp³-hybridized carbons (Fsp3) is 0.692. The van der Waals surface area contributed by atoms with Crippen molar-refractivity contribution in [2.24, 2.45) is 11.8 Å². The quantitative estimate of drug-likeness (QED) is 0.859. The Morgan fingerprint density at radius 1 is 1.22 bits per heavy atom. The molecule has 0 aromatic carbocycles. The molecule has 5 nitrogen and oxygen atoms in total.